The van der Waals surface area contributed by atoms with Crippen molar-refractivity contribution in [3.63, 3.8) is 0 Å². The highest BCUT2D eigenvalue weighted by Gasteiger charge is 2.30. The van der Waals surface area contributed by atoms with Crippen LogP contribution in [0.3, 0.4) is 0 Å². The number of aromatic nitrogens is 3. The molecule has 1 aliphatic carbocycles. The van der Waals surface area contributed by atoms with E-state index in [1.807, 2.05) is 39.5 Å². The minimum absolute atomic E-state index is 0.133. The number of aryl methyl sites for hydroxylation is 1. The number of thiophene rings is 1. The second-order valence-electron chi connectivity index (χ2n) is 9.50. The number of piperazine rings is 1. The molecule has 0 aromatic carbocycles. The maximum Gasteiger partial charge on any atom is 0.320 e. The summed E-state index contributed by atoms with van der Waals surface area (Å²) in [6.45, 7) is 7.91. The van der Waals surface area contributed by atoms with Crippen molar-refractivity contribution in [1.82, 2.24) is 24.8 Å². The summed E-state index contributed by atoms with van der Waals surface area (Å²) in [6.07, 6.45) is 7.04. The van der Waals surface area contributed by atoms with Gasteiger partial charge < -0.3 is 19.4 Å². The molecule has 8 nitrogen and oxygen atoms in total. The Morgan fingerprint density at radius 2 is 1.88 bits per heavy atom. The average Bonchev–Trinajstić information content (AvgIpc) is 3.26. The van der Waals surface area contributed by atoms with Gasteiger partial charge in [0.05, 0.1) is 18.6 Å². The molecule has 2 aliphatic heterocycles. The number of nitrogens with zero attached hydrogens (tertiary/aromatic N) is 6. The standard InChI is InChI=1S/C25H30N6O2S/c1-17-4-5-19-20(15-17)34-24-21(19)23(27-22(28-24)18-3-2-6-26-16-18)29-7-9-30(10-8-29)25(32)31-11-13-33-14-12-31/h2-3,6,16-17H,4-5,7-15H2,1H3. The number of ether oxygens (including phenoxy) is 1. The first-order valence-corrected chi connectivity index (χ1v) is 13.1. The summed E-state index contributed by atoms with van der Waals surface area (Å²) >= 11 is 1.83. The first kappa shape index (κ1) is 21.7. The lowest BCUT2D eigenvalue weighted by Crippen LogP contribution is -2.55. The summed E-state index contributed by atoms with van der Waals surface area (Å²) < 4.78 is 5.41. The third-order valence-electron chi connectivity index (χ3n) is 7.19. The van der Waals surface area contributed by atoms with Crippen LogP contribution in [-0.2, 0) is 17.6 Å². The topological polar surface area (TPSA) is 74.7 Å². The Hall–Kier alpha value is -2.78. The summed E-state index contributed by atoms with van der Waals surface area (Å²) in [5.41, 5.74) is 2.38. The largest absolute Gasteiger partial charge is 0.378 e. The number of hydrogen-bond donors (Lipinski definition) is 0. The van der Waals surface area contributed by atoms with Crippen molar-refractivity contribution in [3.8, 4) is 11.4 Å². The quantitative estimate of drug-likeness (QED) is 0.562. The van der Waals surface area contributed by atoms with Gasteiger partial charge in [0, 0.05) is 62.1 Å². The van der Waals surface area contributed by atoms with Crippen LogP contribution in [0.1, 0.15) is 23.8 Å². The summed E-state index contributed by atoms with van der Waals surface area (Å²) in [4.78, 5) is 36.2. The molecule has 0 saturated carbocycles. The zero-order valence-corrected chi connectivity index (χ0v) is 20.4. The van der Waals surface area contributed by atoms with Gasteiger partial charge >= 0.3 is 6.03 Å². The van der Waals surface area contributed by atoms with Gasteiger partial charge in [0.2, 0.25) is 0 Å². The minimum Gasteiger partial charge on any atom is -0.378 e. The zero-order valence-electron chi connectivity index (χ0n) is 19.6. The molecular weight excluding hydrogens is 448 g/mol. The molecule has 5 heterocycles. The van der Waals surface area contributed by atoms with E-state index in [2.05, 4.69) is 16.8 Å². The summed E-state index contributed by atoms with van der Waals surface area (Å²) in [7, 11) is 0. The van der Waals surface area contributed by atoms with Crippen LogP contribution in [0.2, 0.25) is 0 Å². The van der Waals surface area contributed by atoms with Crippen molar-refractivity contribution in [1.29, 1.82) is 0 Å². The molecular formula is C25H30N6O2S. The van der Waals surface area contributed by atoms with E-state index < -0.39 is 0 Å². The van der Waals surface area contributed by atoms with E-state index in [1.165, 1.54) is 22.2 Å². The number of fused-ring (bicyclic) bond motifs is 3. The number of amides is 2. The Morgan fingerprint density at radius 1 is 1.09 bits per heavy atom. The van der Waals surface area contributed by atoms with Crippen LogP contribution in [0.25, 0.3) is 21.6 Å². The Bertz CT molecular complexity index is 1190. The summed E-state index contributed by atoms with van der Waals surface area (Å²) in [5, 5.41) is 1.23. The Morgan fingerprint density at radius 3 is 2.65 bits per heavy atom. The Balaban J connectivity index is 1.32. The zero-order chi connectivity index (χ0) is 23.1. The molecule has 1 unspecified atom stereocenters. The normalized spacial score (nSPS) is 21.1. The molecule has 0 spiro atoms. The molecule has 3 aromatic heterocycles. The fraction of sp³-hybridized carbons (Fsp3) is 0.520. The number of anilines is 1. The molecule has 2 saturated heterocycles. The monoisotopic (exact) mass is 478 g/mol. The van der Waals surface area contributed by atoms with Gasteiger partial charge in [0.25, 0.3) is 0 Å². The number of carbonyl (C=O) groups is 1. The van der Waals surface area contributed by atoms with Crippen LogP contribution in [0.5, 0.6) is 0 Å². The number of pyridine rings is 1. The lowest BCUT2D eigenvalue weighted by Gasteiger charge is -2.39. The van der Waals surface area contributed by atoms with Crippen molar-refractivity contribution >= 4 is 33.4 Å². The van der Waals surface area contributed by atoms with E-state index in [1.54, 1.807) is 6.20 Å². The fourth-order valence-corrected chi connectivity index (χ4v) is 6.62. The van der Waals surface area contributed by atoms with Gasteiger partial charge in [-0.05, 0) is 42.9 Å². The van der Waals surface area contributed by atoms with Crippen LogP contribution in [0.4, 0.5) is 10.6 Å². The van der Waals surface area contributed by atoms with Crippen LogP contribution < -0.4 is 4.90 Å². The summed E-state index contributed by atoms with van der Waals surface area (Å²) in [5.74, 6) is 2.47. The smallest absolute Gasteiger partial charge is 0.320 e. The van der Waals surface area contributed by atoms with E-state index in [-0.39, 0.29) is 6.03 Å². The van der Waals surface area contributed by atoms with Crippen molar-refractivity contribution in [2.75, 3.05) is 57.4 Å². The molecule has 6 rings (SSSR count). The maximum absolute atomic E-state index is 13.0. The fourth-order valence-electron chi connectivity index (χ4n) is 5.24. The third-order valence-corrected chi connectivity index (χ3v) is 8.34. The number of urea groups is 1. The van der Waals surface area contributed by atoms with Gasteiger partial charge in [0.1, 0.15) is 10.6 Å². The molecule has 3 aromatic rings. The predicted octanol–water partition coefficient (Wildman–Crippen LogP) is 3.45. The van der Waals surface area contributed by atoms with Crippen molar-refractivity contribution in [2.24, 2.45) is 5.92 Å². The number of carbonyl (C=O) groups excluding carboxylic acids is 1. The van der Waals surface area contributed by atoms with E-state index in [0.29, 0.717) is 45.3 Å². The Labute approximate surface area is 203 Å². The first-order valence-electron chi connectivity index (χ1n) is 12.3. The van der Waals surface area contributed by atoms with E-state index in [4.69, 9.17) is 14.7 Å². The van der Waals surface area contributed by atoms with Crippen molar-refractivity contribution < 1.29 is 9.53 Å². The number of morpholine rings is 1. The predicted molar refractivity (Wildman–Crippen MR) is 133 cm³/mol. The molecule has 34 heavy (non-hydrogen) atoms. The van der Waals surface area contributed by atoms with Crippen LogP contribution >= 0.6 is 11.3 Å². The molecule has 0 bridgehead atoms. The maximum atomic E-state index is 13.0. The molecule has 9 heteroatoms. The lowest BCUT2D eigenvalue weighted by atomic mass is 9.89. The highest BCUT2D eigenvalue weighted by Crippen LogP contribution is 2.42. The molecule has 1 atom stereocenters. The SMILES string of the molecule is CC1CCc2c(sc3nc(-c4cccnc4)nc(N4CCN(C(=O)N5CCOCC5)CC4)c23)C1. The first-order chi connectivity index (χ1) is 16.7. The molecule has 2 fully saturated rings. The van der Waals surface area contributed by atoms with Gasteiger partial charge in [-0.2, -0.15) is 0 Å². The second kappa shape index (κ2) is 9.11. The van der Waals surface area contributed by atoms with Gasteiger partial charge in [-0.15, -0.1) is 11.3 Å². The van der Waals surface area contributed by atoms with Gasteiger partial charge in [0.15, 0.2) is 5.82 Å². The molecule has 0 N–H and O–H groups in total. The van der Waals surface area contributed by atoms with Crippen LogP contribution in [0, 0.1) is 5.92 Å². The van der Waals surface area contributed by atoms with E-state index in [0.717, 1.165) is 48.0 Å². The van der Waals surface area contributed by atoms with Gasteiger partial charge in [-0.3, -0.25) is 4.98 Å². The molecule has 178 valence electrons. The van der Waals surface area contributed by atoms with Gasteiger partial charge in [-0.1, -0.05) is 6.92 Å². The van der Waals surface area contributed by atoms with Crippen molar-refractivity contribution in [3.05, 3.63) is 35.0 Å². The minimum atomic E-state index is 0.133. The molecule has 0 radical (unpaired) electrons. The third kappa shape index (κ3) is 4.01. The lowest BCUT2D eigenvalue weighted by molar-refractivity contribution is 0.0428. The molecule has 2 amide bonds. The highest BCUT2D eigenvalue weighted by molar-refractivity contribution is 7.19. The van der Waals surface area contributed by atoms with Crippen LogP contribution in [0.15, 0.2) is 24.5 Å². The van der Waals surface area contributed by atoms with Crippen molar-refractivity contribution in [2.45, 2.75) is 26.2 Å². The second-order valence-corrected chi connectivity index (χ2v) is 10.6. The highest BCUT2D eigenvalue weighted by atomic mass is 32.1. The number of hydrogen-bond acceptors (Lipinski definition) is 7. The summed E-state index contributed by atoms with van der Waals surface area (Å²) in [6, 6.07) is 4.08. The van der Waals surface area contributed by atoms with Gasteiger partial charge in [-0.25, -0.2) is 14.8 Å². The number of rotatable bonds is 2. The molecule has 3 aliphatic rings. The van der Waals surface area contributed by atoms with Crippen LogP contribution in [-0.4, -0.2) is 83.3 Å². The van der Waals surface area contributed by atoms with E-state index >= 15 is 0 Å². The average molecular weight is 479 g/mol. The van der Waals surface area contributed by atoms with E-state index in [9.17, 15) is 4.79 Å². The Kier molecular flexibility index (Phi) is 5.82.